The minimum Gasteiger partial charge on any atom is -0.447 e. The van der Waals surface area contributed by atoms with Gasteiger partial charge in [-0.3, -0.25) is 9.59 Å². The number of imide groups is 1. The van der Waals surface area contributed by atoms with Crippen LogP contribution in [0.1, 0.15) is 29.5 Å². The van der Waals surface area contributed by atoms with E-state index >= 15 is 0 Å². The lowest BCUT2D eigenvalue weighted by Gasteiger charge is -2.29. The number of benzene rings is 3. The minimum absolute atomic E-state index is 0.117. The van der Waals surface area contributed by atoms with Gasteiger partial charge in [0.05, 0.1) is 6.04 Å². The Kier molecular flexibility index (Phi) is 6.45. The zero-order valence-electron chi connectivity index (χ0n) is 17.9. The summed E-state index contributed by atoms with van der Waals surface area (Å²) in [6.07, 6.45) is -0.216. The van der Waals surface area contributed by atoms with Crippen LogP contribution >= 0.6 is 0 Å². The summed E-state index contributed by atoms with van der Waals surface area (Å²) in [4.78, 5) is 40.5. The standard InChI is InChI=1S/C27H25NO4/c1-19(29)24(25(21-13-7-3-8-14-21)22-15-9-4-10-16-22)26(30)28-23(18-32-27(28)31)17-20-11-5-2-6-12-20/h2-16,23-25H,17-18H2,1H3/t23-,24+/m0/s1. The molecular formula is C27H25NO4. The van der Waals surface area contributed by atoms with Gasteiger partial charge in [-0.1, -0.05) is 91.0 Å². The molecule has 0 radical (unpaired) electrons. The van der Waals surface area contributed by atoms with E-state index in [1.54, 1.807) is 0 Å². The topological polar surface area (TPSA) is 63.7 Å². The summed E-state index contributed by atoms with van der Waals surface area (Å²) in [7, 11) is 0. The average molecular weight is 428 g/mol. The van der Waals surface area contributed by atoms with Gasteiger partial charge in [0.25, 0.3) is 0 Å². The Morgan fingerprint density at radius 2 is 1.38 bits per heavy atom. The van der Waals surface area contributed by atoms with Crippen LogP contribution in [0.2, 0.25) is 0 Å². The predicted octanol–water partition coefficient (Wildman–Crippen LogP) is 4.61. The molecule has 0 spiro atoms. The first-order valence-corrected chi connectivity index (χ1v) is 10.7. The Hall–Kier alpha value is -3.73. The van der Waals surface area contributed by atoms with Crippen molar-refractivity contribution in [3.05, 3.63) is 108 Å². The molecule has 1 aliphatic rings. The summed E-state index contributed by atoms with van der Waals surface area (Å²) in [6, 6.07) is 28.1. The van der Waals surface area contributed by atoms with Gasteiger partial charge in [0.1, 0.15) is 18.3 Å². The third-order valence-corrected chi connectivity index (χ3v) is 5.87. The van der Waals surface area contributed by atoms with Crippen molar-refractivity contribution in [2.24, 2.45) is 5.92 Å². The van der Waals surface area contributed by atoms with Crippen molar-refractivity contribution in [2.75, 3.05) is 6.61 Å². The van der Waals surface area contributed by atoms with Gasteiger partial charge in [0, 0.05) is 5.92 Å². The van der Waals surface area contributed by atoms with Crippen LogP contribution < -0.4 is 0 Å². The highest BCUT2D eigenvalue weighted by atomic mass is 16.6. The van der Waals surface area contributed by atoms with Crippen molar-refractivity contribution in [1.29, 1.82) is 0 Å². The molecule has 32 heavy (non-hydrogen) atoms. The van der Waals surface area contributed by atoms with E-state index in [1.807, 2.05) is 91.0 Å². The second kappa shape index (κ2) is 9.60. The van der Waals surface area contributed by atoms with E-state index < -0.39 is 29.9 Å². The summed E-state index contributed by atoms with van der Waals surface area (Å²) in [5.74, 6) is -2.35. The monoisotopic (exact) mass is 427 g/mol. The number of carbonyl (C=O) groups excluding carboxylic acids is 3. The van der Waals surface area contributed by atoms with E-state index in [1.165, 1.54) is 6.92 Å². The normalized spacial score (nSPS) is 16.6. The number of ether oxygens (including phenoxy) is 1. The molecule has 1 aliphatic heterocycles. The summed E-state index contributed by atoms with van der Waals surface area (Å²) < 4.78 is 5.25. The van der Waals surface area contributed by atoms with Crippen molar-refractivity contribution in [1.82, 2.24) is 4.90 Å². The molecule has 2 atom stereocenters. The van der Waals surface area contributed by atoms with Gasteiger partial charge in [0.2, 0.25) is 5.91 Å². The molecule has 1 fully saturated rings. The molecule has 1 heterocycles. The maximum absolute atomic E-state index is 13.8. The summed E-state index contributed by atoms with van der Waals surface area (Å²) in [5.41, 5.74) is 2.69. The number of carbonyl (C=O) groups is 3. The van der Waals surface area contributed by atoms with Crippen LogP contribution in [0.25, 0.3) is 0 Å². The van der Waals surface area contributed by atoms with Crippen LogP contribution in [0.4, 0.5) is 4.79 Å². The maximum Gasteiger partial charge on any atom is 0.417 e. The first kappa shape index (κ1) is 21.5. The fraction of sp³-hybridized carbons (Fsp3) is 0.222. The number of cyclic esters (lactones) is 1. The van der Waals surface area contributed by atoms with E-state index in [0.717, 1.165) is 21.6 Å². The van der Waals surface area contributed by atoms with Crippen LogP contribution in [0.5, 0.6) is 0 Å². The van der Waals surface area contributed by atoms with E-state index in [-0.39, 0.29) is 12.4 Å². The Morgan fingerprint density at radius 1 is 0.875 bits per heavy atom. The van der Waals surface area contributed by atoms with Crippen LogP contribution in [0.15, 0.2) is 91.0 Å². The highest BCUT2D eigenvalue weighted by Crippen LogP contribution is 2.35. The maximum atomic E-state index is 13.8. The number of rotatable bonds is 7. The molecule has 162 valence electrons. The summed E-state index contributed by atoms with van der Waals surface area (Å²) >= 11 is 0. The first-order chi connectivity index (χ1) is 15.6. The second-order valence-electron chi connectivity index (χ2n) is 8.02. The smallest absolute Gasteiger partial charge is 0.417 e. The minimum atomic E-state index is -1.04. The van der Waals surface area contributed by atoms with Crippen molar-refractivity contribution in [3.63, 3.8) is 0 Å². The number of nitrogens with zero attached hydrogens (tertiary/aromatic N) is 1. The number of amides is 2. The van der Waals surface area contributed by atoms with Crippen molar-refractivity contribution >= 4 is 17.8 Å². The molecule has 3 aromatic carbocycles. The highest BCUT2D eigenvalue weighted by Gasteiger charge is 2.45. The fourth-order valence-electron chi connectivity index (χ4n) is 4.37. The molecule has 0 saturated carbocycles. The first-order valence-electron chi connectivity index (χ1n) is 10.7. The zero-order valence-corrected chi connectivity index (χ0v) is 17.9. The second-order valence-corrected chi connectivity index (χ2v) is 8.02. The molecule has 0 N–H and O–H groups in total. The van der Waals surface area contributed by atoms with Gasteiger partial charge in [-0.25, -0.2) is 9.69 Å². The van der Waals surface area contributed by atoms with Gasteiger partial charge in [-0.05, 0) is 30.0 Å². The Balaban J connectivity index is 1.72. The molecule has 0 bridgehead atoms. The lowest BCUT2D eigenvalue weighted by atomic mass is 9.78. The molecule has 5 nitrogen and oxygen atoms in total. The Bertz CT molecular complexity index is 1040. The van der Waals surface area contributed by atoms with Crippen LogP contribution in [-0.2, 0) is 20.7 Å². The number of hydrogen-bond donors (Lipinski definition) is 0. The quantitative estimate of drug-likeness (QED) is 0.517. The number of ketones is 1. The van der Waals surface area contributed by atoms with Gasteiger partial charge in [-0.15, -0.1) is 0 Å². The molecule has 2 amide bonds. The van der Waals surface area contributed by atoms with E-state index in [9.17, 15) is 14.4 Å². The average Bonchev–Trinajstić information content (AvgIpc) is 3.18. The lowest BCUT2D eigenvalue weighted by Crippen LogP contribution is -2.47. The van der Waals surface area contributed by atoms with E-state index in [2.05, 4.69) is 0 Å². The third-order valence-electron chi connectivity index (χ3n) is 5.87. The van der Waals surface area contributed by atoms with Crippen molar-refractivity contribution in [2.45, 2.75) is 25.3 Å². The van der Waals surface area contributed by atoms with E-state index in [4.69, 9.17) is 4.74 Å². The van der Waals surface area contributed by atoms with Crippen LogP contribution in [-0.4, -0.2) is 35.3 Å². The molecular weight excluding hydrogens is 402 g/mol. The SMILES string of the molecule is CC(=O)[C@@H](C(=O)N1C(=O)OC[C@@H]1Cc1ccccc1)C(c1ccccc1)c1ccccc1. The summed E-state index contributed by atoms with van der Waals surface area (Å²) in [5, 5.41) is 0. The molecule has 3 aromatic rings. The number of hydrogen-bond acceptors (Lipinski definition) is 4. The molecule has 1 saturated heterocycles. The van der Waals surface area contributed by atoms with Gasteiger partial charge in [0.15, 0.2) is 0 Å². The van der Waals surface area contributed by atoms with E-state index in [0.29, 0.717) is 6.42 Å². The highest BCUT2D eigenvalue weighted by molar-refractivity contribution is 6.07. The van der Waals surface area contributed by atoms with Gasteiger partial charge in [-0.2, -0.15) is 0 Å². The summed E-state index contributed by atoms with van der Waals surface area (Å²) in [6.45, 7) is 1.53. The number of Topliss-reactive ketones (excluding diaryl/α,β-unsaturated/α-hetero) is 1. The lowest BCUT2D eigenvalue weighted by molar-refractivity contribution is -0.139. The van der Waals surface area contributed by atoms with Crippen LogP contribution in [0, 0.1) is 5.92 Å². The molecule has 0 unspecified atom stereocenters. The molecule has 4 rings (SSSR count). The predicted molar refractivity (Wildman–Crippen MR) is 121 cm³/mol. The zero-order chi connectivity index (χ0) is 22.5. The van der Waals surface area contributed by atoms with Crippen molar-refractivity contribution in [3.8, 4) is 0 Å². The molecule has 5 heteroatoms. The third kappa shape index (κ3) is 4.47. The van der Waals surface area contributed by atoms with Gasteiger partial charge < -0.3 is 4.74 Å². The largest absolute Gasteiger partial charge is 0.447 e. The molecule has 0 aliphatic carbocycles. The Labute approximate surface area is 187 Å². The fourth-order valence-corrected chi connectivity index (χ4v) is 4.37. The van der Waals surface area contributed by atoms with Crippen LogP contribution in [0.3, 0.4) is 0 Å². The Morgan fingerprint density at radius 3 is 1.88 bits per heavy atom. The van der Waals surface area contributed by atoms with Gasteiger partial charge >= 0.3 is 6.09 Å². The van der Waals surface area contributed by atoms with Crippen molar-refractivity contribution < 1.29 is 19.1 Å². The molecule has 0 aromatic heterocycles.